The molecule has 1 aliphatic carbocycles. The van der Waals surface area contributed by atoms with Gasteiger partial charge in [0.25, 0.3) is 0 Å². The number of methoxy groups -OCH3 is 8. The average molecular weight is 2210 g/mol. The summed E-state index contributed by atoms with van der Waals surface area (Å²) >= 11 is 53.1. The number of hydrogen-bond donors (Lipinski definition) is 8. The molecule has 12 heterocycles. The van der Waals surface area contributed by atoms with Crippen LogP contribution in [0, 0.1) is 23.7 Å². The number of nitrogens with one attached hydrogen (secondary N) is 8. The molecule has 1 amide bonds. The van der Waals surface area contributed by atoms with Gasteiger partial charge in [-0.3, -0.25) is 19.2 Å². The van der Waals surface area contributed by atoms with Gasteiger partial charge in [0.15, 0.2) is 17.3 Å². The SMILES string of the molecule is C=CC(=O)C[C@H]1COC[C@H]1Nc1cc2c(N(C)C)nc(-c3c(Cl)c(OC)cc(OC)c3Cl)cc2cn1.C=CC(=O)C[C@H]1COC[C@H]1Nc1cc2c(NCC(F)(F)F)nc(-c3c(Cl)c(OC)cc(OC)c3Cl)cc2cn1.C=CC(=O)C[C@H]1COC[C@H]1Nc1cc2c(NCC)nc(-c3c(Cl)c(OC)cc(OC)c3Cl)cc2cn1.C=CC(=O)N[C@H]1COC[C@H]1Nc1cc2c(NCC3CC3)nc(-c3c(Cl)c(OC)cc(OC)c3Cl)cc2cn1. The van der Waals surface area contributed by atoms with Crippen molar-refractivity contribution in [1.29, 1.82) is 0 Å². The quantitative estimate of drug-likeness (QED) is 0.0166. The Labute approximate surface area is 898 Å². The Morgan fingerprint density at radius 1 is 0.383 bits per heavy atom. The van der Waals surface area contributed by atoms with Gasteiger partial charge in [0, 0.05) is 179 Å². The lowest BCUT2D eigenvalue weighted by molar-refractivity contribution is -0.117. The number of ether oxygens (including phenoxy) is 12. The minimum Gasteiger partial charge on any atom is -0.495 e. The second kappa shape index (κ2) is 50.7. The maximum Gasteiger partial charge on any atom is 0.405 e. The zero-order chi connectivity index (χ0) is 107. The molecule has 8 N–H and O–H groups in total. The van der Waals surface area contributed by atoms with E-state index >= 15 is 0 Å². The number of nitrogens with zero attached hydrogens (tertiary/aromatic N) is 9. The summed E-state index contributed by atoms with van der Waals surface area (Å²) in [4.78, 5) is 86.8. The number of allylic oxidation sites excluding steroid dienone is 3. The van der Waals surface area contributed by atoms with E-state index < -0.39 is 12.7 Å². The zero-order valence-corrected chi connectivity index (χ0v) is 89.1. The molecule has 4 aromatic carbocycles. The molecule has 8 aromatic heterocycles. The van der Waals surface area contributed by atoms with Crippen LogP contribution >= 0.6 is 92.8 Å². The van der Waals surface area contributed by atoms with Crippen molar-refractivity contribution in [1.82, 2.24) is 45.2 Å². The number of ketones is 3. The first kappa shape index (κ1) is 112. The Morgan fingerprint density at radius 2 is 0.664 bits per heavy atom. The molecule has 149 heavy (non-hydrogen) atoms. The van der Waals surface area contributed by atoms with Crippen molar-refractivity contribution in [2.45, 2.75) is 75.4 Å². The largest absolute Gasteiger partial charge is 0.495 e. The molecule has 33 nitrogen and oxygen atoms in total. The number of pyridine rings is 8. The normalized spacial score (nSPS) is 17.6. The van der Waals surface area contributed by atoms with Crippen molar-refractivity contribution < 1.29 is 89.2 Å². The highest BCUT2D eigenvalue weighted by Gasteiger charge is 2.37. The highest BCUT2D eigenvalue weighted by molar-refractivity contribution is 6.43. The molecule has 8 atom stereocenters. The number of aromatic nitrogens is 8. The van der Waals surface area contributed by atoms with E-state index in [0.29, 0.717) is 228 Å². The molecule has 17 rings (SSSR count). The van der Waals surface area contributed by atoms with E-state index in [1.807, 2.05) is 62.3 Å². The third kappa shape index (κ3) is 26.7. The lowest BCUT2D eigenvalue weighted by Gasteiger charge is -2.21. The predicted molar refractivity (Wildman–Crippen MR) is 582 cm³/mol. The van der Waals surface area contributed by atoms with Crippen LogP contribution in [0.25, 0.3) is 88.1 Å². The van der Waals surface area contributed by atoms with Crippen LogP contribution in [0.3, 0.4) is 0 Å². The Balaban J connectivity index is 0.000000157. The van der Waals surface area contributed by atoms with Gasteiger partial charge in [-0.2, -0.15) is 13.2 Å². The van der Waals surface area contributed by atoms with Gasteiger partial charge < -0.3 is 104 Å². The van der Waals surface area contributed by atoms with Crippen LogP contribution in [0.1, 0.15) is 39.0 Å². The minimum absolute atomic E-state index is 0.00132. The Bertz CT molecular complexity index is 6930. The molecule has 12 aromatic rings. The van der Waals surface area contributed by atoms with E-state index in [9.17, 15) is 32.3 Å². The molecule has 44 heteroatoms. The average Bonchev–Trinajstić information content (AvgIpc) is 1.74. The van der Waals surface area contributed by atoms with E-state index in [1.165, 1.54) is 106 Å². The monoisotopic (exact) mass is 2200 g/mol. The van der Waals surface area contributed by atoms with Gasteiger partial charge in [-0.25, -0.2) is 39.9 Å². The topological polar surface area (TPSA) is 382 Å². The molecule has 4 aliphatic heterocycles. The van der Waals surface area contributed by atoms with E-state index in [4.69, 9.17) is 165 Å². The molecule has 5 aliphatic rings. The molecule has 0 bridgehead atoms. The number of carbonyl (C=O) groups excluding carboxylic acids is 4. The summed E-state index contributed by atoms with van der Waals surface area (Å²) < 4.78 is 105. The number of benzene rings is 4. The number of halogens is 11. The molecule has 0 spiro atoms. The smallest absolute Gasteiger partial charge is 0.405 e. The maximum atomic E-state index is 13.2. The van der Waals surface area contributed by atoms with Crippen molar-refractivity contribution in [3.05, 3.63) is 188 Å². The zero-order valence-electron chi connectivity index (χ0n) is 83.1. The summed E-state index contributed by atoms with van der Waals surface area (Å²) in [6, 6.07) is 20.5. The number of alkyl halides is 3. The fourth-order valence-electron chi connectivity index (χ4n) is 17.2. The highest BCUT2D eigenvalue weighted by atomic mass is 35.5. The summed E-state index contributed by atoms with van der Waals surface area (Å²) in [5.41, 5.74) is 3.65. The van der Waals surface area contributed by atoms with Crippen molar-refractivity contribution in [2.24, 2.45) is 23.7 Å². The predicted octanol–water partition coefficient (Wildman–Crippen LogP) is 22.0. The second-order valence-corrected chi connectivity index (χ2v) is 38.3. The van der Waals surface area contributed by atoms with Gasteiger partial charge in [0.1, 0.15) is 99.1 Å². The van der Waals surface area contributed by atoms with E-state index in [0.717, 1.165) is 38.9 Å². The third-order valence-corrected chi connectivity index (χ3v) is 28.2. The summed E-state index contributed by atoms with van der Waals surface area (Å²) in [5, 5.41) is 33.9. The van der Waals surface area contributed by atoms with Gasteiger partial charge in [0.2, 0.25) is 5.91 Å². The van der Waals surface area contributed by atoms with Crippen LogP contribution in [-0.2, 0) is 38.1 Å². The van der Waals surface area contributed by atoms with Gasteiger partial charge in [-0.05, 0) is 98.5 Å². The number of anilines is 8. The summed E-state index contributed by atoms with van der Waals surface area (Å²) in [7, 11) is 15.8. The Hall–Kier alpha value is -12.7. The Morgan fingerprint density at radius 3 is 0.960 bits per heavy atom. The molecule has 0 radical (unpaired) electrons. The number of amides is 1. The summed E-state index contributed by atoms with van der Waals surface area (Å²) in [5.74, 6) is 7.76. The molecule has 788 valence electrons. The van der Waals surface area contributed by atoms with Crippen molar-refractivity contribution in [3.63, 3.8) is 0 Å². The van der Waals surface area contributed by atoms with Crippen LogP contribution in [0.2, 0.25) is 40.2 Å². The molecule has 0 unspecified atom stereocenters. The fourth-order valence-corrected chi connectivity index (χ4v) is 20.0. The van der Waals surface area contributed by atoms with E-state index in [-0.39, 0.29) is 116 Å². The Kier molecular flexibility index (Phi) is 38.1. The second-order valence-electron chi connectivity index (χ2n) is 35.3. The van der Waals surface area contributed by atoms with Crippen molar-refractivity contribution in [3.8, 4) is 91.0 Å². The van der Waals surface area contributed by atoms with Crippen LogP contribution in [-0.4, -0.2) is 243 Å². The standard InChI is InChI=1S/C27H29Cl2N5O4.C26H25Cl2F3N4O4.2C26H28Cl2N4O4/c1-4-23(35)33-19-13-38-12-18(19)32-22-8-16-15(11-30-22)7-17(34-27(16)31-10-14-5-6-14)24-25(28)20(36-2)9-21(37-3)26(24)29;1-4-15(36)5-14-10-39-11-18(14)34-21-7-16-13(9-32-21)6-17(35-25(16)33-12-26(29,30)31)22-23(27)19(37-2)8-20(38-3)24(22)28;1-6-16(33)7-15-12-36-13-19(15)30-22-9-17-14(11-29-22)8-18(31-26(17)32(2)3)23-24(27)20(34-4)10-21(35-5)25(23)28;1-5-16(33)7-15-12-36-13-19(15)31-22-9-17-14(11-30-22)8-18(32-26(17)29-6-2)23-24(27)20(34-3)10-21(35-4)25(23)28/h4,7-9,11,14,18-19H,1,5-6,10,12-13H2,2-3H3,(H,30,32)(H,31,34)(H,33,35);4,6-9,14,18H,1,5,10-12H2,2-3H3,(H,32,34)(H,33,35);6,8-11,15,19H,1,7,12-13H2,2-5H3,(H,29,30);5,8-11,15,19H,1,6-7,12-13H2,2-4H3,(H,29,32)(H,30,31)/t18-,19+;14-,18+;2*15-,19+/m1000/s1. The van der Waals surface area contributed by atoms with Crippen LogP contribution in [0.5, 0.6) is 46.0 Å². The van der Waals surface area contributed by atoms with Crippen LogP contribution in [0.15, 0.2) is 148 Å². The van der Waals surface area contributed by atoms with Gasteiger partial charge in [-0.1, -0.05) is 119 Å². The van der Waals surface area contributed by atoms with Gasteiger partial charge in [-0.15, -0.1) is 0 Å². The van der Waals surface area contributed by atoms with E-state index in [1.54, 1.807) is 48.9 Å². The highest BCUT2D eigenvalue weighted by Crippen LogP contribution is 2.53. The van der Waals surface area contributed by atoms with Gasteiger partial charge in [0.05, 0.1) is 203 Å². The number of fused-ring (bicyclic) bond motifs is 4. The first-order valence-corrected chi connectivity index (χ1v) is 50.0. The minimum atomic E-state index is -4.50. The molecule has 4 saturated heterocycles. The lowest BCUT2D eigenvalue weighted by Crippen LogP contribution is -2.45. The first-order chi connectivity index (χ1) is 71.6. The number of carbonyl (C=O) groups is 4. The molecule has 1 saturated carbocycles. The van der Waals surface area contributed by atoms with Crippen molar-refractivity contribution in [2.75, 3.05) is 186 Å². The lowest BCUT2D eigenvalue weighted by atomic mass is 9.97. The number of rotatable bonds is 39. The van der Waals surface area contributed by atoms with Crippen molar-refractivity contribution >= 4 is 206 Å². The van der Waals surface area contributed by atoms with Crippen LogP contribution < -0.4 is 85.3 Å². The first-order valence-electron chi connectivity index (χ1n) is 47.0. The summed E-state index contributed by atoms with van der Waals surface area (Å²) in [6.07, 6.45) is 11.0. The summed E-state index contributed by atoms with van der Waals surface area (Å²) in [6.45, 7) is 19.9. The maximum absolute atomic E-state index is 13.2. The van der Waals surface area contributed by atoms with E-state index in [2.05, 4.69) is 93.8 Å². The van der Waals surface area contributed by atoms with Gasteiger partial charge >= 0.3 is 6.18 Å². The fraction of sp³-hybridized carbons (Fsp3) is 0.352. The van der Waals surface area contributed by atoms with Crippen LogP contribution in [0.4, 0.5) is 59.7 Å². The molecular weight excluding hydrogens is 2100 g/mol. The molecular formula is C105H110Cl8F3N17O16. The molecule has 5 fully saturated rings. The third-order valence-electron chi connectivity index (χ3n) is 25.2. The number of hydrogen-bond acceptors (Lipinski definition) is 32.